The molecule has 102 valence electrons. The normalized spacial score (nSPS) is 16.1. The smallest absolute Gasteiger partial charge is 0.212 e. The van der Waals surface area contributed by atoms with Crippen LogP contribution in [0.3, 0.4) is 0 Å². The quantitative estimate of drug-likeness (QED) is 0.666. The third-order valence-electron chi connectivity index (χ3n) is 3.21. The second kappa shape index (κ2) is 7.31. The zero-order chi connectivity index (χ0) is 13.5. The van der Waals surface area contributed by atoms with E-state index in [1.807, 2.05) is 26.0 Å². The third-order valence-corrected chi connectivity index (χ3v) is 3.21. The number of aliphatic hydroxyl groups excluding tert-OH is 1. The minimum absolute atomic E-state index is 0.0346. The van der Waals surface area contributed by atoms with Gasteiger partial charge in [0.1, 0.15) is 0 Å². The van der Waals surface area contributed by atoms with Gasteiger partial charge in [-0.05, 0) is 18.4 Å². The van der Waals surface area contributed by atoms with Gasteiger partial charge in [0.15, 0.2) is 0 Å². The molecule has 0 saturated heterocycles. The van der Waals surface area contributed by atoms with Crippen molar-refractivity contribution >= 4 is 0 Å². The number of ether oxygens (including phenoxy) is 1. The molecular formula is C13H23N3O2. The summed E-state index contributed by atoms with van der Waals surface area (Å²) in [5.74, 6) is 0.775. The highest BCUT2D eigenvalue weighted by Crippen LogP contribution is 2.16. The van der Waals surface area contributed by atoms with E-state index in [0.717, 1.165) is 5.56 Å². The number of methoxy groups -OCH3 is 1. The molecule has 3 unspecified atom stereocenters. The lowest BCUT2D eigenvalue weighted by Gasteiger charge is -2.25. The van der Waals surface area contributed by atoms with E-state index in [4.69, 9.17) is 15.6 Å². The molecule has 0 aliphatic carbocycles. The molecule has 3 atom stereocenters. The molecule has 0 amide bonds. The van der Waals surface area contributed by atoms with Crippen molar-refractivity contribution in [2.24, 2.45) is 11.7 Å². The van der Waals surface area contributed by atoms with Crippen molar-refractivity contribution in [3.8, 4) is 5.88 Å². The minimum atomic E-state index is 0.0346. The van der Waals surface area contributed by atoms with Crippen LogP contribution in [-0.4, -0.2) is 36.4 Å². The van der Waals surface area contributed by atoms with Crippen LogP contribution in [0.5, 0.6) is 5.88 Å². The molecule has 0 spiro atoms. The van der Waals surface area contributed by atoms with Crippen molar-refractivity contribution in [2.75, 3.05) is 20.3 Å². The summed E-state index contributed by atoms with van der Waals surface area (Å²) < 4.78 is 5.02. The van der Waals surface area contributed by atoms with Crippen molar-refractivity contribution < 1.29 is 9.84 Å². The molecule has 1 rings (SSSR count). The van der Waals surface area contributed by atoms with E-state index in [2.05, 4.69) is 10.3 Å². The molecule has 0 bridgehead atoms. The molecule has 5 nitrogen and oxygen atoms in total. The first-order valence-electron chi connectivity index (χ1n) is 6.19. The monoisotopic (exact) mass is 253 g/mol. The highest BCUT2D eigenvalue weighted by molar-refractivity contribution is 5.21. The summed E-state index contributed by atoms with van der Waals surface area (Å²) in [6.45, 7) is 4.68. The summed E-state index contributed by atoms with van der Waals surface area (Å²) in [6.07, 6.45) is 1.76. The van der Waals surface area contributed by atoms with E-state index < -0.39 is 0 Å². The van der Waals surface area contributed by atoms with Gasteiger partial charge in [-0.1, -0.05) is 13.0 Å². The summed E-state index contributed by atoms with van der Waals surface area (Å²) in [7, 11) is 1.59. The molecule has 0 aromatic carbocycles. The first-order valence-corrected chi connectivity index (χ1v) is 6.19. The van der Waals surface area contributed by atoms with Crippen LogP contribution in [0.4, 0.5) is 0 Å². The van der Waals surface area contributed by atoms with Gasteiger partial charge in [-0.3, -0.25) is 0 Å². The largest absolute Gasteiger partial charge is 0.481 e. The molecule has 1 aromatic rings. The molecule has 1 aromatic heterocycles. The van der Waals surface area contributed by atoms with Crippen LogP contribution >= 0.6 is 0 Å². The predicted octanol–water partition coefficient (Wildman–Crippen LogP) is 0.696. The maximum Gasteiger partial charge on any atom is 0.212 e. The number of nitrogens with two attached hydrogens (primary N) is 1. The van der Waals surface area contributed by atoms with Crippen LogP contribution in [0.25, 0.3) is 0 Å². The van der Waals surface area contributed by atoms with Crippen LogP contribution in [0.15, 0.2) is 18.3 Å². The number of aromatic nitrogens is 1. The first kappa shape index (κ1) is 14.9. The minimum Gasteiger partial charge on any atom is -0.481 e. The standard InChI is InChI=1S/C13H23N3O2/c1-9(8-17)10(2)16-12(6-14)11-4-5-13(18-3)15-7-11/h4-5,7,9-10,12,16-17H,6,8,14H2,1-3H3. The van der Waals surface area contributed by atoms with Crippen LogP contribution < -0.4 is 15.8 Å². The van der Waals surface area contributed by atoms with E-state index in [9.17, 15) is 0 Å². The van der Waals surface area contributed by atoms with Gasteiger partial charge < -0.3 is 20.9 Å². The molecule has 5 heteroatoms. The molecule has 4 N–H and O–H groups in total. The zero-order valence-electron chi connectivity index (χ0n) is 11.3. The Hall–Kier alpha value is -1.17. The van der Waals surface area contributed by atoms with Gasteiger partial charge in [0.2, 0.25) is 5.88 Å². The fraction of sp³-hybridized carbons (Fsp3) is 0.615. The summed E-state index contributed by atoms with van der Waals surface area (Å²) in [4.78, 5) is 4.17. The number of pyridine rings is 1. The van der Waals surface area contributed by atoms with Gasteiger partial charge in [0.25, 0.3) is 0 Å². The fourth-order valence-electron chi connectivity index (χ4n) is 1.66. The van der Waals surface area contributed by atoms with E-state index in [1.54, 1.807) is 13.3 Å². The Balaban J connectivity index is 2.70. The van der Waals surface area contributed by atoms with Crippen LogP contribution in [0, 0.1) is 5.92 Å². The fourth-order valence-corrected chi connectivity index (χ4v) is 1.66. The molecule has 0 saturated carbocycles. The van der Waals surface area contributed by atoms with Gasteiger partial charge in [0.05, 0.1) is 7.11 Å². The van der Waals surface area contributed by atoms with E-state index in [1.165, 1.54) is 0 Å². The average molecular weight is 253 g/mol. The predicted molar refractivity (Wildman–Crippen MR) is 71.4 cm³/mol. The molecule has 1 heterocycles. The van der Waals surface area contributed by atoms with Gasteiger partial charge in [0, 0.05) is 37.5 Å². The highest BCUT2D eigenvalue weighted by Gasteiger charge is 2.17. The van der Waals surface area contributed by atoms with Gasteiger partial charge in [-0.25, -0.2) is 4.98 Å². The van der Waals surface area contributed by atoms with Crippen molar-refractivity contribution in [1.29, 1.82) is 0 Å². The Morgan fingerprint density at radius 2 is 2.17 bits per heavy atom. The zero-order valence-corrected chi connectivity index (χ0v) is 11.3. The maximum absolute atomic E-state index is 9.13. The summed E-state index contributed by atoms with van der Waals surface area (Å²) in [5, 5.41) is 12.5. The van der Waals surface area contributed by atoms with Crippen molar-refractivity contribution in [2.45, 2.75) is 25.9 Å². The van der Waals surface area contributed by atoms with E-state index >= 15 is 0 Å². The molecule has 0 radical (unpaired) electrons. The Kier molecular flexibility index (Phi) is 6.04. The lowest BCUT2D eigenvalue weighted by molar-refractivity contribution is 0.201. The summed E-state index contributed by atoms with van der Waals surface area (Å²) in [5.41, 5.74) is 6.80. The third kappa shape index (κ3) is 3.94. The van der Waals surface area contributed by atoms with E-state index in [0.29, 0.717) is 12.4 Å². The lowest BCUT2D eigenvalue weighted by atomic mass is 10.0. The number of nitrogens with zero attached hydrogens (tertiary/aromatic N) is 1. The van der Waals surface area contributed by atoms with Crippen molar-refractivity contribution in [3.05, 3.63) is 23.9 Å². The number of rotatable bonds is 7. The van der Waals surface area contributed by atoms with E-state index in [-0.39, 0.29) is 24.6 Å². The van der Waals surface area contributed by atoms with Crippen LogP contribution in [0.1, 0.15) is 25.5 Å². The van der Waals surface area contributed by atoms with Crippen LogP contribution in [0.2, 0.25) is 0 Å². The topological polar surface area (TPSA) is 80.4 Å². The summed E-state index contributed by atoms with van der Waals surface area (Å²) >= 11 is 0. The van der Waals surface area contributed by atoms with Crippen molar-refractivity contribution in [3.63, 3.8) is 0 Å². The Labute approximate surface area is 108 Å². The average Bonchev–Trinajstić information content (AvgIpc) is 2.43. The first-order chi connectivity index (χ1) is 8.62. The Bertz CT molecular complexity index is 343. The van der Waals surface area contributed by atoms with Gasteiger partial charge >= 0.3 is 0 Å². The van der Waals surface area contributed by atoms with Crippen molar-refractivity contribution in [1.82, 2.24) is 10.3 Å². The molecule has 0 aliphatic heterocycles. The molecule has 0 aliphatic rings. The number of hydrogen-bond acceptors (Lipinski definition) is 5. The molecule has 18 heavy (non-hydrogen) atoms. The lowest BCUT2D eigenvalue weighted by Crippen LogP contribution is -2.39. The second-order valence-corrected chi connectivity index (χ2v) is 4.54. The number of hydrogen-bond donors (Lipinski definition) is 3. The van der Waals surface area contributed by atoms with Crippen LogP contribution in [-0.2, 0) is 0 Å². The maximum atomic E-state index is 9.13. The molecular weight excluding hydrogens is 230 g/mol. The SMILES string of the molecule is COc1ccc(C(CN)NC(C)C(C)CO)cn1. The van der Waals surface area contributed by atoms with Gasteiger partial charge in [-0.2, -0.15) is 0 Å². The Morgan fingerprint density at radius 1 is 1.44 bits per heavy atom. The van der Waals surface area contributed by atoms with Gasteiger partial charge in [-0.15, -0.1) is 0 Å². The number of aliphatic hydroxyl groups is 1. The molecule has 0 fully saturated rings. The second-order valence-electron chi connectivity index (χ2n) is 4.54. The summed E-state index contributed by atoms with van der Waals surface area (Å²) in [6, 6.07) is 3.99. The highest BCUT2D eigenvalue weighted by atomic mass is 16.5. The number of nitrogens with one attached hydrogen (secondary N) is 1. The Morgan fingerprint density at radius 3 is 2.61 bits per heavy atom.